The molecule has 1 fully saturated rings. The Bertz CT molecular complexity index is 464. The molecule has 0 bridgehead atoms. The van der Waals surface area contributed by atoms with E-state index in [4.69, 9.17) is 16.3 Å². The molecule has 0 aromatic heterocycles. The van der Waals surface area contributed by atoms with Gasteiger partial charge in [0.1, 0.15) is 12.4 Å². The summed E-state index contributed by atoms with van der Waals surface area (Å²) in [6.07, 6.45) is 0. The Morgan fingerprint density at radius 2 is 2.10 bits per heavy atom. The fourth-order valence-corrected chi connectivity index (χ4v) is 2.39. The van der Waals surface area contributed by atoms with Crippen LogP contribution in [-0.2, 0) is 4.79 Å². The number of piperazine rings is 1. The summed E-state index contributed by atoms with van der Waals surface area (Å²) in [4.78, 5) is 16.0. The number of nitrogens with one attached hydrogen (secondary N) is 1. The van der Waals surface area contributed by atoms with Gasteiger partial charge in [0, 0.05) is 32.7 Å². The molecule has 6 heteroatoms. The number of rotatable bonds is 6. The summed E-state index contributed by atoms with van der Waals surface area (Å²) in [6, 6.07) is 7.40. The first kappa shape index (κ1) is 16.1. The molecule has 0 spiro atoms. The van der Waals surface area contributed by atoms with Crippen LogP contribution >= 0.6 is 11.6 Å². The minimum Gasteiger partial charge on any atom is -0.491 e. The highest BCUT2D eigenvalue weighted by Crippen LogP contribution is 2.22. The molecule has 1 saturated heterocycles. The summed E-state index contributed by atoms with van der Waals surface area (Å²) in [7, 11) is 1.93. The highest BCUT2D eigenvalue weighted by molar-refractivity contribution is 6.32. The zero-order valence-corrected chi connectivity index (χ0v) is 13.1. The van der Waals surface area contributed by atoms with Crippen molar-refractivity contribution in [2.75, 3.05) is 52.9 Å². The molecular weight excluding hydrogens is 290 g/mol. The van der Waals surface area contributed by atoms with E-state index in [1.165, 1.54) is 0 Å². The van der Waals surface area contributed by atoms with E-state index in [1.807, 2.05) is 35.0 Å². The van der Waals surface area contributed by atoms with Crippen molar-refractivity contribution in [2.24, 2.45) is 0 Å². The molecule has 21 heavy (non-hydrogen) atoms. The Morgan fingerprint density at radius 1 is 1.38 bits per heavy atom. The molecular formula is C15H22ClN3O2. The molecule has 2 rings (SSSR count). The number of carbonyl (C=O) groups excluding carboxylic acids is 1. The number of carbonyl (C=O) groups is 1. The van der Waals surface area contributed by atoms with Gasteiger partial charge in [-0.3, -0.25) is 9.69 Å². The van der Waals surface area contributed by atoms with Crippen molar-refractivity contribution in [2.45, 2.75) is 0 Å². The molecule has 0 atom stereocenters. The average molecular weight is 312 g/mol. The van der Waals surface area contributed by atoms with Gasteiger partial charge in [0.25, 0.3) is 0 Å². The van der Waals surface area contributed by atoms with Gasteiger partial charge in [-0.25, -0.2) is 0 Å². The molecule has 1 aromatic rings. The molecule has 1 heterocycles. The first-order valence-electron chi connectivity index (χ1n) is 7.21. The van der Waals surface area contributed by atoms with Crippen LogP contribution in [0.15, 0.2) is 24.3 Å². The second-order valence-electron chi connectivity index (χ2n) is 5.15. The second-order valence-corrected chi connectivity index (χ2v) is 5.55. The SMILES string of the molecule is CN(CCOc1ccccc1Cl)CC(=O)N1CCNCC1. The van der Waals surface area contributed by atoms with Gasteiger partial charge in [0.15, 0.2) is 0 Å². The summed E-state index contributed by atoms with van der Waals surface area (Å²) < 4.78 is 5.63. The third-order valence-corrected chi connectivity index (χ3v) is 3.75. The molecule has 0 unspecified atom stereocenters. The first-order valence-corrected chi connectivity index (χ1v) is 7.59. The highest BCUT2D eigenvalue weighted by Gasteiger charge is 2.17. The fraction of sp³-hybridized carbons (Fsp3) is 0.533. The maximum absolute atomic E-state index is 12.1. The Hall–Kier alpha value is -1.30. The third kappa shape index (κ3) is 5.19. The summed E-state index contributed by atoms with van der Waals surface area (Å²) >= 11 is 6.02. The van der Waals surface area contributed by atoms with Crippen LogP contribution in [0.2, 0.25) is 5.02 Å². The van der Waals surface area contributed by atoms with Gasteiger partial charge in [-0.1, -0.05) is 23.7 Å². The van der Waals surface area contributed by atoms with E-state index < -0.39 is 0 Å². The van der Waals surface area contributed by atoms with Gasteiger partial charge >= 0.3 is 0 Å². The van der Waals surface area contributed by atoms with Crippen molar-refractivity contribution in [3.63, 3.8) is 0 Å². The quantitative estimate of drug-likeness (QED) is 0.854. The topological polar surface area (TPSA) is 44.8 Å². The van der Waals surface area contributed by atoms with Gasteiger partial charge in [0.2, 0.25) is 5.91 Å². The molecule has 1 N–H and O–H groups in total. The molecule has 5 nitrogen and oxygen atoms in total. The van der Waals surface area contributed by atoms with Crippen LogP contribution in [0.3, 0.4) is 0 Å². The standard InChI is InChI=1S/C15H22ClN3O2/c1-18(12-15(20)19-8-6-17-7-9-19)10-11-21-14-5-3-2-4-13(14)16/h2-5,17H,6-12H2,1H3. The number of halogens is 1. The Morgan fingerprint density at radius 3 is 2.81 bits per heavy atom. The average Bonchev–Trinajstić information content (AvgIpc) is 2.50. The van der Waals surface area contributed by atoms with Crippen molar-refractivity contribution in [1.29, 1.82) is 0 Å². The van der Waals surface area contributed by atoms with Crippen LogP contribution in [0.25, 0.3) is 0 Å². The van der Waals surface area contributed by atoms with E-state index in [-0.39, 0.29) is 5.91 Å². The number of para-hydroxylation sites is 1. The minimum atomic E-state index is 0.178. The third-order valence-electron chi connectivity index (χ3n) is 3.44. The van der Waals surface area contributed by atoms with E-state index in [2.05, 4.69) is 5.32 Å². The monoisotopic (exact) mass is 311 g/mol. The molecule has 116 valence electrons. The van der Waals surface area contributed by atoms with E-state index in [0.29, 0.717) is 30.5 Å². The second kappa shape index (κ2) is 8.22. The number of ether oxygens (including phenoxy) is 1. The number of likely N-dealkylation sites (N-methyl/N-ethyl adjacent to an activating group) is 1. The number of hydrogen-bond donors (Lipinski definition) is 1. The Balaban J connectivity index is 1.68. The van der Waals surface area contributed by atoms with Crippen molar-refractivity contribution in [1.82, 2.24) is 15.1 Å². The lowest BCUT2D eigenvalue weighted by Crippen LogP contribution is -2.49. The van der Waals surface area contributed by atoms with Crippen molar-refractivity contribution in [3.8, 4) is 5.75 Å². The van der Waals surface area contributed by atoms with Crippen LogP contribution in [0, 0.1) is 0 Å². The Kier molecular flexibility index (Phi) is 6.29. The van der Waals surface area contributed by atoms with Crippen LogP contribution in [0.5, 0.6) is 5.75 Å². The van der Waals surface area contributed by atoms with Gasteiger partial charge in [-0.15, -0.1) is 0 Å². The lowest BCUT2D eigenvalue weighted by atomic mass is 10.3. The van der Waals surface area contributed by atoms with E-state index >= 15 is 0 Å². The first-order chi connectivity index (χ1) is 10.2. The molecule has 0 radical (unpaired) electrons. The molecule has 1 amide bonds. The van der Waals surface area contributed by atoms with Gasteiger partial charge in [0.05, 0.1) is 11.6 Å². The Labute approximate surface area is 130 Å². The van der Waals surface area contributed by atoms with Crippen LogP contribution in [0.4, 0.5) is 0 Å². The molecule has 1 aromatic carbocycles. The largest absolute Gasteiger partial charge is 0.491 e. The van der Waals surface area contributed by atoms with Crippen molar-refractivity contribution < 1.29 is 9.53 Å². The predicted octanol–water partition coefficient (Wildman–Crippen LogP) is 1.08. The van der Waals surface area contributed by atoms with E-state index in [9.17, 15) is 4.79 Å². The highest BCUT2D eigenvalue weighted by atomic mass is 35.5. The summed E-state index contributed by atoms with van der Waals surface area (Å²) in [5.74, 6) is 0.859. The molecule has 0 saturated carbocycles. The van der Waals surface area contributed by atoms with Gasteiger partial charge in [-0.05, 0) is 19.2 Å². The van der Waals surface area contributed by atoms with Gasteiger partial charge in [-0.2, -0.15) is 0 Å². The van der Waals surface area contributed by atoms with E-state index in [1.54, 1.807) is 6.07 Å². The van der Waals surface area contributed by atoms with Crippen LogP contribution in [0.1, 0.15) is 0 Å². The zero-order chi connectivity index (χ0) is 15.1. The van der Waals surface area contributed by atoms with E-state index in [0.717, 1.165) is 26.2 Å². The predicted molar refractivity (Wildman–Crippen MR) is 83.9 cm³/mol. The molecule has 1 aliphatic heterocycles. The lowest BCUT2D eigenvalue weighted by molar-refractivity contribution is -0.132. The van der Waals surface area contributed by atoms with Crippen molar-refractivity contribution in [3.05, 3.63) is 29.3 Å². The maximum Gasteiger partial charge on any atom is 0.236 e. The van der Waals surface area contributed by atoms with Gasteiger partial charge < -0.3 is 15.0 Å². The number of amides is 1. The number of hydrogen-bond acceptors (Lipinski definition) is 4. The normalized spacial score (nSPS) is 15.3. The summed E-state index contributed by atoms with van der Waals surface area (Å²) in [5, 5.41) is 3.85. The minimum absolute atomic E-state index is 0.178. The lowest BCUT2D eigenvalue weighted by Gasteiger charge is -2.29. The zero-order valence-electron chi connectivity index (χ0n) is 12.3. The smallest absolute Gasteiger partial charge is 0.236 e. The number of benzene rings is 1. The molecule has 0 aliphatic carbocycles. The van der Waals surface area contributed by atoms with Crippen molar-refractivity contribution >= 4 is 17.5 Å². The van der Waals surface area contributed by atoms with Crippen LogP contribution in [-0.4, -0.2) is 68.6 Å². The summed E-state index contributed by atoms with van der Waals surface area (Å²) in [6.45, 7) is 4.96. The number of nitrogens with zero attached hydrogens (tertiary/aromatic N) is 2. The molecule has 1 aliphatic rings. The maximum atomic E-state index is 12.1. The van der Waals surface area contributed by atoms with Crippen LogP contribution < -0.4 is 10.1 Å². The summed E-state index contributed by atoms with van der Waals surface area (Å²) in [5.41, 5.74) is 0. The fourth-order valence-electron chi connectivity index (χ4n) is 2.20.